The molecule has 200 valence electrons. The molecule has 6 nitrogen and oxygen atoms in total. The Kier molecular flexibility index (Phi) is 8.42. The average molecular weight is 541 g/mol. The zero-order chi connectivity index (χ0) is 27.2. The third-order valence-electron chi connectivity index (χ3n) is 7.39. The van der Waals surface area contributed by atoms with Crippen molar-refractivity contribution in [2.75, 3.05) is 18.6 Å². The third kappa shape index (κ3) is 6.23. The molecule has 1 amide bonds. The van der Waals surface area contributed by atoms with E-state index in [9.17, 15) is 4.79 Å². The number of hydrogen-bond acceptors (Lipinski definition) is 5. The van der Waals surface area contributed by atoms with Gasteiger partial charge in [0.2, 0.25) is 5.95 Å². The summed E-state index contributed by atoms with van der Waals surface area (Å²) >= 11 is 6.13. The maximum absolute atomic E-state index is 13.4. The van der Waals surface area contributed by atoms with Crippen molar-refractivity contribution in [3.63, 3.8) is 0 Å². The first kappa shape index (κ1) is 26.7. The minimum absolute atomic E-state index is 0.178. The first-order valence-corrected chi connectivity index (χ1v) is 13.7. The fraction of sp³-hybridized carbons (Fsp3) is 0.281. The van der Waals surface area contributed by atoms with Gasteiger partial charge in [-0.05, 0) is 67.5 Å². The predicted octanol–water partition coefficient (Wildman–Crippen LogP) is 6.50. The van der Waals surface area contributed by atoms with Crippen LogP contribution in [0.3, 0.4) is 0 Å². The quantitative estimate of drug-likeness (QED) is 0.262. The number of benzene rings is 3. The van der Waals surface area contributed by atoms with Gasteiger partial charge in [0, 0.05) is 29.9 Å². The molecule has 1 saturated heterocycles. The highest BCUT2D eigenvalue weighted by Gasteiger charge is 2.29. The number of carbonyl (C=O) groups excluding carboxylic acids is 1. The van der Waals surface area contributed by atoms with E-state index < -0.39 is 0 Å². The van der Waals surface area contributed by atoms with E-state index in [1.165, 1.54) is 16.7 Å². The second-order valence-corrected chi connectivity index (χ2v) is 10.3. The van der Waals surface area contributed by atoms with Crippen molar-refractivity contribution in [2.45, 2.75) is 45.2 Å². The largest absolute Gasteiger partial charge is 0.496 e. The molecule has 1 aliphatic heterocycles. The van der Waals surface area contributed by atoms with Gasteiger partial charge in [-0.3, -0.25) is 4.79 Å². The lowest BCUT2D eigenvalue weighted by molar-refractivity contribution is 0.0949. The lowest BCUT2D eigenvalue weighted by atomic mass is 10.0. The van der Waals surface area contributed by atoms with Crippen LogP contribution >= 0.6 is 11.6 Å². The highest BCUT2D eigenvalue weighted by molar-refractivity contribution is 6.30. The molecule has 0 saturated carbocycles. The molecule has 1 fully saturated rings. The van der Waals surface area contributed by atoms with Crippen LogP contribution in [0.15, 0.2) is 79.0 Å². The molecule has 7 heteroatoms. The zero-order valence-corrected chi connectivity index (χ0v) is 23.1. The summed E-state index contributed by atoms with van der Waals surface area (Å²) in [4.78, 5) is 25.4. The SMILES string of the molecule is COc1ccccc1CNC(=O)c1cnc(N2CCC[C@@H]2c2ccc(Cl)cc2)nc1CCc1ccccc1C. The van der Waals surface area contributed by atoms with Crippen LogP contribution in [0.2, 0.25) is 5.02 Å². The van der Waals surface area contributed by atoms with Crippen molar-refractivity contribution in [2.24, 2.45) is 0 Å². The molecule has 5 rings (SSSR count). The van der Waals surface area contributed by atoms with Gasteiger partial charge in [0.25, 0.3) is 5.91 Å². The monoisotopic (exact) mass is 540 g/mol. The number of nitrogens with one attached hydrogen (secondary N) is 1. The van der Waals surface area contributed by atoms with Gasteiger partial charge >= 0.3 is 0 Å². The topological polar surface area (TPSA) is 67.3 Å². The maximum atomic E-state index is 13.4. The van der Waals surface area contributed by atoms with E-state index in [0.29, 0.717) is 24.5 Å². The fourth-order valence-corrected chi connectivity index (χ4v) is 5.35. The number of para-hydroxylation sites is 1. The molecule has 0 aliphatic carbocycles. The Morgan fingerprint density at radius 1 is 1.03 bits per heavy atom. The Bertz CT molecular complexity index is 1440. The van der Waals surface area contributed by atoms with E-state index in [1.807, 2.05) is 42.5 Å². The molecule has 4 aromatic rings. The smallest absolute Gasteiger partial charge is 0.254 e. The van der Waals surface area contributed by atoms with Crippen LogP contribution in [-0.4, -0.2) is 29.5 Å². The lowest BCUT2D eigenvalue weighted by Crippen LogP contribution is -2.28. The highest BCUT2D eigenvalue weighted by Crippen LogP contribution is 2.35. The van der Waals surface area contributed by atoms with Gasteiger partial charge in [-0.1, -0.05) is 66.2 Å². The van der Waals surface area contributed by atoms with Crippen LogP contribution in [0.25, 0.3) is 0 Å². The Balaban J connectivity index is 1.42. The summed E-state index contributed by atoms with van der Waals surface area (Å²) in [6.07, 6.45) is 5.18. The van der Waals surface area contributed by atoms with Crippen LogP contribution in [-0.2, 0) is 19.4 Å². The summed E-state index contributed by atoms with van der Waals surface area (Å²) in [6, 6.07) is 24.2. The summed E-state index contributed by atoms with van der Waals surface area (Å²) in [5.74, 6) is 1.21. The second-order valence-electron chi connectivity index (χ2n) is 9.85. The number of methoxy groups -OCH3 is 1. The number of aryl methyl sites for hydroxylation is 3. The van der Waals surface area contributed by atoms with Crippen molar-refractivity contribution in [1.82, 2.24) is 15.3 Å². The van der Waals surface area contributed by atoms with Crippen LogP contribution in [0.5, 0.6) is 5.75 Å². The molecule has 39 heavy (non-hydrogen) atoms. The van der Waals surface area contributed by atoms with Crippen LogP contribution < -0.4 is 15.0 Å². The van der Waals surface area contributed by atoms with Gasteiger partial charge < -0.3 is 15.0 Å². The standard InChI is InChI=1S/C32H33ClN4O2/c1-22-8-3-4-9-23(22)15-18-28-27(31(38)34-20-25-10-5-6-12-30(25)39-2)21-35-32(36-28)37-19-7-11-29(37)24-13-16-26(33)17-14-24/h3-6,8-10,12-14,16-17,21,29H,7,11,15,18-20H2,1-2H3,(H,34,38)/t29-/m1/s1. The summed E-state index contributed by atoms with van der Waals surface area (Å²) < 4.78 is 5.44. The van der Waals surface area contributed by atoms with Gasteiger partial charge in [-0.2, -0.15) is 0 Å². The van der Waals surface area contributed by atoms with Gasteiger partial charge in [0.05, 0.1) is 24.4 Å². The van der Waals surface area contributed by atoms with Crippen LogP contribution in [0, 0.1) is 6.92 Å². The van der Waals surface area contributed by atoms with Gasteiger partial charge in [0.1, 0.15) is 5.75 Å². The molecule has 0 bridgehead atoms. The van der Waals surface area contributed by atoms with Crippen molar-refractivity contribution in [3.05, 3.63) is 118 Å². The summed E-state index contributed by atoms with van der Waals surface area (Å²) in [7, 11) is 1.63. The summed E-state index contributed by atoms with van der Waals surface area (Å²) in [5, 5.41) is 3.77. The number of halogens is 1. The fourth-order valence-electron chi connectivity index (χ4n) is 5.23. The highest BCUT2D eigenvalue weighted by atomic mass is 35.5. The Morgan fingerprint density at radius 2 is 1.77 bits per heavy atom. The predicted molar refractivity (Wildman–Crippen MR) is 156 cm³/mol. The van der Waals surface area contributed by atoms with E-state index in [4.69, 9.17) is 26.3 Å². The molecule has 3 aromatic carbocycles. The zero-order valence-electron chi connectivity index (χ0n) is 22.4. The summed E-state index contributed by atoms with van der Waals surface area (Å²) in [6.45, 7) is 3.33. The number of carbonyl (C=O) groups is 1. The van der Waals surface area contributed by atoms with E-state index >= 15 is 0 Å². The first-order valence-electron chi connectivity index (χ1n) is 13.4. The Hall–Kier alpha value is -3.90. The molecule has 1 aromatic heterocycles. The van der Waals surface area contributed by atoms with Gasteiger partial charge in [-0.25, -0.2) is 9.97 Å². The van der Waals surface area contributed by atoms with Gasteiger partial charge in [-0.15, -0.1) is 0 Å². The number of hydrogen-bond donors (Lipinski definition) is 1. The molecule has 2 heterocycles. The average Bonchev–Trinajstić information content (AvgIpc) is 3.46. The lowest BCUT2D eigenvalue weighted by Gasteiger charge is -2.26. The Labute approximate surface area is 235 Å². The van der Waals surface area contributed by atoms with Crippen LogP contribution in [0.1, 0.15) is 57.2 Å². The molecule has 1 N–H and O–H groups in total. The van der Waals surface area contributed by atoms with Crippen molar-refractivity contribution in [3.8, 4) is 5.75 Å². The number of aromatic nitrogens is 2. The van der Waals surface area contributed by atoms with Gasteiger partial charge in [0.15, 0.2) is 0 Å². The Morgan fingerprint density at radius 3 is 2.54 bits per heavy atom. The molecule has 0 radical (unpaired) electrons. The molecule has 0 unspecified atom stereocenters. The molecule has 0 spiro atoms. The summed E-state index contributed by atoms with van der Waals surface area (Å²) in [5.41, 5.74) is 5.84. The van der Waals surface area contributed by atoms with E-state index in [2.05, 4.69) is 47.5 Å². The molecule has 1 aliphatic rings. The number of amides is 1. The molecule has 1 atom stereocenters. The minimum atomic E-state index is -0.192. The van der Waals surface area contributed by atoms with Crippen molar-refractivity contribution < 1.29 is 9.53 Å². The minimum Gasteiger partial charge on any atom is -0.496 e. The van der Waals surface area contributed by atoms with Crippen molar-refractivity contribution in [1.29, 1.82) is 0 Å². The number of anilines is 1. The van der Waals surface area contributed by atoms with Crippen LogP contribution in [0.4, 0.5) is 5.95 Å². The molecular weight excluding hydrogens is 508 g/mol. The van der Waals surface area contributed by atoms with Crippen molar-refractivity contribution >= 4 is 23.5 Å². The first-order chi connectivity index (χ1) is 19.0. The number of rotatable bonds is 9. The second kappa shape index (κ2) is 12.3. The maximum Gasteiger partial charge on any atom is 0.254 e. The molecular formula is C32H33ClN4O2. The van der Waals surface area contributed by atoms with E-state index in [1.54, 1.807) is 13.3 Å². The third-order valence-corrected chi connectivity index (χ3v) is 7.64. The van der Waals surface area contributed by atoms with E-state index in [-0.39, 0.29) is 11.9 Å². The normalized spacial score (nSPS) is 14.8. The number of ether oxygens (including phenoxy) is 1. The van der Waals surface area contributed by atoms with E-state index in [0.717, 1.165) is 47.8 Å². The number of nitrogens with zero attached hydrogens (tertiary/aromatic N) is 3.